The molecule has 1 fully saturated rings. The molecule has 27 heavy (non-hydrogen) atoms. The van der Waals surface area contributed by atoms with Crippen LogP contribution in [0.1, 0.15) is 37.6 Å². The van der Waals surface area contributed by atoms with Gasteiger partial charge in [0.05, 0.1) is 5.75 Å². The normalized spacial score (nSPS) is 16.4. The van der Waals surface area contributed by atoms with Crippen LogP contribution in [0.4, 0.5) is 5.13 Å². The molecule has 1 aliphatic heterocycles. The van der Waals surface area contributed by atoms with Crippen molar-refractivity contribution in [2.75, 3.05) is 36.8 Å². The Kier molecular flexibility index (Phi) is 7.08. The van der Waals surface area contributed by atoms with E-state index in [0.29, 0.717) is 37.5 Å². The monoisotopic (exact) mass is 428 g/mol. The van der Waals surface area contributed by atoms with Crippen LogP contribution in [0.3, 0.4) is 0 Å². The van der Waals surface area contributed by atoms with Gasteiger partial charge in [-0.2, -0.15) is 4.37 Å². The average Bonchev–Trinajstić information content (AvgIpc) is 2.96. The molecule has 148 valence electrons. The SMILES string of the molecule is CCCCS(=O)(=O)N1CCCN(c2nc(Cc3ccc(Cl)cc3)ns2)CC1. The van der Waals surface area contributed by atoms with Gasteiger partial charge < -0.3 is 4.90 Å². The summed E-state index contributed by atoms with van der Waals surface area (Å²) in [6, 6.07) is 7.70. The Morgan fingerprint density at radius 1 is 1.15 bits per heavy atom. The Labute approximate surface area is 170 Å². The van der Waals surface area contributed by atoms with E-state index in [4.69, 9.17) is 11.6 Å². The molecule has 2 heterocycles. The smallest absolute Gasteiger partial charge is 0.214 e. The van der Waals surface area contributed by atoms with Gasteiger partial charge in [-0.3, -0.25) is 0 Å². The average molecular weight is 429 g/mol. The van der Waals surface area contributed by atoms with Crippen molar-refractivity contribution in [1.82, 2.24) is 13.7 Å². The van der Waals surface area contributed by atoms with E-state index >= 15 is 0 Å². The van der Waals surface area contributed by atoms with Gasteiger partial charge in [-0.05, 0) is 30.5 Å². The lowest BCUT2D eigenvalue weighted by molar-refractivity contribution is 0.432. The molecule has 0 amide bonds. The third-order valence-electron chi connectivity index (χ3n) is 4.61. The van der Waals surface area contributed by atoms with Gasteiger partial charge in [-0.15, -0.1) is 0 Å². The summed E-state index contributed by atoms with van der Waals surface area (Å²) in [7, 11) is -3.15. The molecule has 0 N–H and O–H groups in total. The fourth-order valence-electron chi connectivity index (χ4n) is 3.05. The molecule has 1 aromatic carbocycles. The zero-order valence-corrected chi connectivity index (χ0v) is 17.9. The summed E-state index contributed by atoms with van der Waals surface area (Å²) in [5, 5.41) is 1.58. The molecule has 3 rings (SSSR count). The van der Waals surface area contributed by atoms with E-state index in [1.54, 1.807) is 4.31 Å². The second-order valence-corrected chi connectivity index (χ2v) is 9.96. The molecular formula is C18H25ClN4O2S2. The Hall–Kier alpha value is -1.22. The molecule has 6 nitrogen and oxygen atoms in total. The lowest BCUT2D eigenvalue weighted by Crippen LogP contribution is -2.36. The minimum Gasteiger partial charge on any atom is -0.345 e. The van der Waals surface area contributed by atoms with E-state index in [2.05, 4.69) is 14.3 Å². The first kappa shape index (κ1) is 20.5. The first-order valence-corrected chi connectivity index (χ1v) is 12.0. The Morgan fingerprint density at radius 2 is 1.93 bits per heavy atom. The van der Waals surface area contributed by atoms with Crippen LogP contribution in [-0.4, -0.2) is 54.0 Å². The van der Waals surface area contributed by atoms with Crippen molar-refractivity contribution in [2.45, 2.75) is 32.6 Å². The molecule has 0 radical (unpaired) electrons. The number of unbranched alkanes of at least 4 members (excludes halogenated alkanes) is 1. The standard InChI is InChI=1S/C18H25ClN4O2S2/c1-2-3-13-27(24,25)23-10-4-9-22(11-12-23)18-20-17(21-26-18)14-15-5-7-16(19)8-6-15/h5-8H,2-4,9-14H2,1H3. The van der Waals surface area contributed by atoms with Crippen molar-refractivity contribution in [1.29, 1.82) is 0 Å². The maximum absolute atomic E-state index is 12.4. The number of benzene rings is 1. The summed E-state index contributed by atoms with van der Waals surface area (Å²) < 4.78 is 31.0. The Morgan fingerprint density at radius 3 is 2.67 bits per heavy atom. The minimum atomic E-state index is -3.15. The molecule has 1 aromatic heterocycles. The number of halogens is 1. The predicted molar refractivity (Wildman–Crippen MR) is 111 cm³/mol. The van der Waals surface area contributed by atoms with E-state index < -0.39 is 10.0 Å². The van der Waals surface area contributed by atoms with Crippen LogP contribution in [0.25, 0.3) is 0 Å². The number of nitrogens with zero attached hydrogens (tertiary/aromatic N) is 4. The molecule has 0 saturated carbocycles. The minimum absolute atomic E-state index is 0.244. The number of sulfonamides is 1. The van der Waals surface area contributed by atoms with Gasteiger partial charge >= 0.3 is 0 Å². The molecule has 0 aliphatic carbocycles. The maximum Gasteiger partial charge on any atom is 0.214 e. The van der Waals surface area contributed by atoms with Gasteiger partial charge in [-0.1, -0.05) is 37.1 Å². The fourth-order valence-corrected chi connectivity index (χ4v) is 5.59. The molecule has 0 spiro atoms. The summed E-state index contributed by atoms with van der Waals surface area (Å²) in [4.78, 5) is 6.81. The molecular weight excluding hydrogens is 404 g/mol. The maximum atomic E-state index is 12.4. The van der Waals surface area contributed by atoms with Crippen molar-refractivity contribution in [3.05, 3.63) is 40.7 Å². The number of hydrogen-bond acceptors (Lipinski definition) is 6. The third-order valence-corrected chi connectivity index (χ3v) is 7.63. The van der Waals surface area contributed by atoms with Crippen molar-refractivity contribution in [3.8, 4) is 0 Å². The van der Waals surface area contributed by atoms with Gasteiger partial charge in [0.1, 0.15) is 5.82 Å². The van der Waals surface area contributed by atoms with Gasteiger partial charge in [0.15, 0.2) is 0 Å². The van der Waals surface area contributed by atoms with E-state index in [-0.39, 0.29) is 5.75 Å². The first-order chi connectivity index (χ1) is 13.0. The molecule has 0 bridgehead atoms. The number of rotatable bonds is 7. The predicted octanol–water partition coefficient (Wildman–Crippen LogP) is 3.42. The fraction of sp³-hybridized carbons (Fsp3) is 0.556. The first-order valence-electron chi connectivity index (χ1n) is 9.28. The van der Waals surface area contributed by atoms with Crippen LogP contribution >= 0.6 is 23.1 Å². The quantitative estimate of drug-likeness (QED) is 0.675. The summed E-state index contributed by atoms with van der Waals surface area (Å²) >= 11 is 7.31. The highest BCUT2D eigenvalue weighted by Gasteiger charge is 2.25. The van der Waals surface area contributed by atoms with Crippen molar-refractivity contribution < 1.29 is 8.42 Å². The molecule has 1 aliphatic rings. The van der Waals surface area contributed by atoms with Crippen LogP contribution in [0.2, 0.25) is 5.02 Å². The summed E-state index contributed by atoms with van der Waals surface area (Å²) in [6.07, 6.45) is 3.07. The van der Waals surface area contributed by atoms with Crippen LogP contribution in [0.15, 0.2) is 24.3 Å². The Balaban J connectivity index is 1.61. The van der Waals surface area contributed by atoms with Crippen molar-refractivity contribution in [2.24, 2.45) is 0 Å². The second-order valence-electron chi connectivity index (χ2n) is 6.71. The van der Waals surface area contributed by atoms with Crippen LogP contribution < -0.4 is 4.90 Å². The van der Waals surface area contributed by atoms with E-state index in [1.165, 1.54) is 11.5 Å². The Bertz CT molecular complexity index is 839. The van der Waals surface area contributed by atoms with E-state index in [0.717, 1.165) is 35.9 Å². The summed E-state index contributed by atoms with van der Waals surface area (Å²) in [6.45, 7) is 4.56. The second kappa shape index (κ2) is 9.32. The van der Waals surface area contributed by atoms with Crippen LogP contribution in [0, 0.1) is 0 Å². The lowest BCUT2D eigenvalue weighted by Gasteiger charge is -2.21. The lowest BCUT2D eigenvalue weighted by atomic mass is 10.1. The highest BCUT2D eigenvalue weighted by Crippen LogP contribution is 2.22. The zero-order chi connectivity index (χ0) is 19.3. The largest absolute Gasteiger partial charge is 0.345 e. The molecule has 1 saturated heterocycles. The van der Waals surface area contributed by atoms with Gasteiger partial charge in [0, 0.05) is 49.2 Å². The van der Waals surface area contributed by atoms with Crippen LogP contribution in [0.5, 0.6) is 0 Å². The number of anilines is 1. The molecule has 2 aromatic rings. The van der Waals surface area contributed by atoms with Crippen LogP contribution in [-0.2, 0) is 16.4 Å². The highest BCUT2D eigenvalue weighted by molar-refractivity contribution is 7.89. The van der Waals surface area contributed by atoms with Gasteiger partial charge in [-0.25, -0.2) is 17.7 Å². The molecule has 0 unspecified atom stereocenters. The summed E-state index contributed by atoms with van der Waals surface area (Å²) in [5.41, 5.74) is 1.12. The van der Waals surface area contributed by atoms with E-state index in [1.807, 2.05) is 31.2 Å². The number of hydrogen-bond donors (Lipinski definition) is 0. The summed E-state index contributed by atoms with van der Waals surface area (Å²) in [5.74, 6) is 1.03. The molecule has 9 heteroatoms. The van der Waals surface area contributed by atoms with Gasteiger partial charge in [0.2, 0.25) is 15.2 Å². The number of aromatic nitrogens is 2. The van der Waals surface area contributed by atoms with Crippen molar-refractivity contribution in [3.63, 3.8) is 0 Å². The van der Waals surface area contributed by atoms with E-state index in [9.17, 15) is 8.42 Å². The molecule has 0 atom stereocenters. The highest BCUT2D eigenvalue weighted by atomic mass is 35.5. The van der Waals surface area contributed by atoms with Gasteiger partial charge in [0.25, 0.3) is 0 Å². The topological polar surface area (TPSA) is 66.4 Å². The van der Waals surface area contributed by atoms with Crippen molar-refractivity contribution >= 4 is 38.3 Å². The third kappa shape index (κ3) is 5.63. The zero-order valence-electron chi connectivity index (χ0n) is 15.5.